The van der Waals surface area contributed by atoms with E-state index in [4.69, 9.17) is 0 Å². The molecule has 1 heterocycles. The highest BCUT2D eigenvalue weighted by molar-refractivity contribution is 9.10. The van der Waals surface area contributed by atoms with Crippen molar-refractivity contribution in [3.8, 4) is 17.0 Å². The van der Waals surface area contributed by atoms with Crippen LogP contribution in [0.15, 0.2) is 58.4 Å². The van der Waals surface area contributed by atoms with Crippen molar-refractivity contribution in [2.75, 3.05) is 5.32 Å². The van der Waals surface area contributed by atoms with Crippen molar-refractivity contribution < 1.29 is 5.11 Å². The summed E-state index contributed by atoms with van der Waals surface area (Å²) in [5, 5.41) is 15.4. The van der Waals surface area contributed by atoms with Gasteiger partial charge in [0.1, 0.15) is 5.75 Å². The Morgan fingerprint density at radius 2 is 1.90 bits per heavy atom. The van der Waals surface area contributed by atoms with Gasteiger partial charge in [-0.25, -0.2) is 4.98 Å². The standard InChI is InChI=1S/C15H11BrN2OS/c16-11-2-1-3-12(8-11)17-15-18-14(9-20-15)10-4-6-13(19)7-5-10/h1-9,19H,(H,17,18). The van der Waals surface area contributed by atoms with E-state index in [0.29, 0.717) is 0 Å². The van der Waals surface area contributed by atoms with Gasteiger partial charge in [-0.15, -0.1) is 11.3 Å². The molecule has 3 rings (SSSR count). The SMILES string of the molecule is Oc1ccc(-c2csc(Nc3cccc(Br)c3)n2)cc1. The first-order valence-corrected chi connectivity index (χ1v) is 7.65. The number of anilines is 2. The molecule has 0 aliphatic carbocycles. The summed E-state index contributed by atoms with van der Waals surface area (Å²) in [7, 11) is 0. The number of benzene rings is 2. The maximum Gasteiger partial charge on any atom is 0.187 e. The minimum Gasteiger partial charge on any atom is -0.508 e. The van der Waals surface area contributed by atoms with Gasteiger partial charge in [-0.1, -0.05) is 22.0 Å². The summed E-state index contributed by atoms with van der Waals surface area (Å²) in [5.41, 5.74) is 2.87. The Labute approximate surface area is 129 Å². The molecule has 20 heavy (non-hydrogen) atoms. The molecule has 0 fully saturated rings. The molecule has 3 nitrogen and oxygen atoms in total. The number of nitrogens with one attached hydrogen (secondary N) is 1. The Bertz CT molecular complexity index is 725. The number of hydrogen-bond acceptors (Lipinski definition) is 4. The third-order valence-corrected chi connectivity index (χ3v) is 3.99. The third-order valence-electron chi connectivity index (χ3n) is 2.74. The summed E-state index contributed by atoms with van der Waals surface area (Å²) in [6, 6.07) is 15.0. The van der Waals surface area contributed by atoms with Gasteiger partial charge < -0.3 is 10.4 Å². The van der Waals surface area contributed by atoms with Gasteiger partial charge in [-0.2, -0.15) is 0 Å². The molecule has 0 amide bonds. The largest absolute Gasteiger partial charge is 0.508 e. The molecule has 100 valence electrons. The highest BCUT2D eigenvalue weighted by Gasteiger charge is 2.05. The minimum absolute atomic E-state index is 0.261. The lowest BCUT2D eigenvalue weighted by Gasteiger charge is -2.02. The average Bonchev–Trinajstić information content (AvgIpc) is 2.88. The van der Waals surface area contributed by atoms with Crippen molar-refractivity contribution in [3.63, 3.8) is 0 Å². The van der Waals surface area contributed by atoms with Gasteiger partial charge in [0.05, 0.1) is 5.69 Å². The molecule has 2 aromatic carbocycles. The molecule has 0 aliphatic heterocycles. The normalized spacial score (nSPS) is 10.4. The van der Waals surface area contributed by atoms with Crippen LogP contribution < -0.4 is 5.32 Å². The van der Waals surface area contributed by atoms with E-state index in [-0.39, 0.29) is 5.75 Å². The van der Waals surface area contributed by atoms with Gasteiger partial charge >= 0.3 is 0 Å². The molecule has 0 spiro atoms. The van der Waals surface area contributed by atoms with E-state index in [1.54, 1.807) is 23.5 Å². The molecule has 0 atom stereocenters. The predicted octanol–water partition coefficient (Wildman–Crippen LogP) is 5.02. The Kier molecular flexibility index (Phi) is 3.71. The van der Waals surface area contributed by atoms with Crippen LogP contribution in [0.2, 0.25) is 0 Å². The number of phenolic OH excluding ortho intramolecular Hbond substituents is 1. The Balaban J connectivity index is 1.82. The topological polar surface area (TPSA) is 45.1 Å². The summed E-state index contributed by atoms with van der Waals surface area (Å²) < 4.78 is 1.03. The Morgan fingerprint density at radius 3 is 2.65 bits per heavy atom. The van der Waals surface area contributed by atoms with E-state index in [1.807, 2.05) is 41.8 Å². The van der Waals surface area contributed by atoms with Crippen LogP contribution in [0.4, 0.5) is 10.8 Å². The molecule has 2 N–H and O–H groups in total. The molecule has 0 saturated heterocycles. The number of aromatic nitrogens is 1. The van der Waals surface area contributed by atoms with Crippen LogP contribution in [0.1, 0.15) is 0 Å². The second-order valence-electron chi connectivity index (χ2n) is 4.22. The van der Waals surface area contributed by atoms with Crippen molar-refractivity contribution in [1.29, 1.82) is 0 Å². The van der Waals surface area contributed by atoms with Crippen LogP contribution in [-0.4, -0.2) is 10.1 Å². The zero-order chi connectivity index (χ0) is 13.9. The van der Waals surface area contributed by atoms with Gasteiger partial charge in [0.2, 0.25) is 0 Å². The number of phenols is 1. The zero-order valence-electron chi connectivity index (χ0n) is 10.4. The highest BCUT2D eigenvalue weighted by atomic mass is 79.9. The smallest absolute Gasteiger partial charge is 0.187 e. The van der Waals surface area contributed by atoms with Gasteiger partial charge in [0.15, 0.2) is 5.13 Å². The summed E-state index contributed by atoms with van der Waals surface area (Å²) >= 11 is 4.99. The van der Waals surface area contributed by atoms with Crippen LogP contribution in [-0.2, 0) is 0 Å². The van der Waals surface area contributed by atoms with Crippen LogP contribution >= 0.6 is 27.3 Å². The first kappa shape index (κ1) is 13.1. The second kappa shape index (κ2) is 5.64. The van der Waals surface area contributed by atoms with Crippen molar-refractivity contribution in [3.05, 3.63) is 58.4 Å². The lowest BCUT2D eigenvalue weighted by molar-refractivity contribution is 0.475. The lowest BCUT2D eigenvalue weighted by Crippen LogP contribution is -1.89. The monoisotopic (exact) mass is 346 g/mol. The van der Waals surface area contributed by atoms with Crippen molar-refractivity contribution in [2.45, 2.75) is 0 Å². The number of halogens is 1. The van der Waals surface area contributed by atoms with Crippen molar-refractivity contribution in [1.82, 2.24) is 4.98 Å². The number of aromatic hydroxyl groups is 1. The highest BCUT2D eigenvalue weighted by Crippen LogP contribution is 2.28. The first-order valence-electron chi connectivity index (χ1n) is 5.98. The average molecular weight is 347 g/mol. The summed E-state index contributed by atoms with van der Waals surface area (Å²) in [6.45, 7) is 0. The maximum absolute atomic E-state index is 9.30. The predicted molar refractivity (Wildman–Crippen MR) is 86.6 cm³/mol. The van der Waals surface area contributed by atoms with E-state index in [2.05, 4.69) is 26.2 Å². The molecular weight excluding hydrogens is 336 g/mol. The fraction of sp³-hybridized carbons (Fsp3) is 0. The van der Waals surface area contributed by atoms with Crippen molar-refractivity contribution in [2.24, 2.45) is 0 Å². The molecule has 0 saturated carbocycles. The fourth-order valence-corrected chi connectivity index (χ4v) is 2.92. The second-order valence-corrected chi connectivity index (χ2v) is 5.99. The Morgan fingerprint density at radius 1 is 1.10 bits per heavy atom. The lowest BCUT2D eigenvalue weighted by atomic mass is 10.2. The third kappa shape index (κ3) is 3.00. The van der Waals surface area contributed by atoms with E-state index >= 15 is 0 Å². The molecule has 3 aromatic rings. The summed E-state index contributed by atoms with van der Waals surface area (Å²) in [4.78, 5) is 4.55. The van der Waals surface area contributed by atoms with Crippen LogP contribution in [0.25, 0.3) is 11.3 Å². The molecule has 0 radical (unpaired) electrons. The molecule has 1 aromatic heterocycles. The molecule has 0 unspecified atom stereocenters. The number of rotatable bonds is 3. The van der Waals surface area contributed by atoms with E-state index in [9.17, 15) is 5.11 Å². The van der Waals surface area contributed by atoms with Gasteiger partial charge in [0.25, 0.3) is 0 Å². The van der Waals surface area contributed by atoms with E-state index < -0.39 is 0 Å². The van der Waals surface area contributed by atoms with Gasteiger partial charge in [0, 0.05) is 21.1 Å². The Hall–Kier alpha value is -1.85. The van der Waals surface area contributed by atoms with Crippen LogP contribution in [0.3, 0.4) is 0 Å². The van der Waals surface area contributed by atoms with Crippen LogP contribution in [0, 0.1) is 0 Å². The molecule has 5 heteroatoms. The minimum atomic E-state index is 0.261. The zero-order valence-corrected chi connectivity index (χ0v) is 12.8. The van der Waals surface area contributed by atoms with Gasteiger partial charge in [-0.3, -0.25) is 0 Å². The maximum atomic E-state index is 9.30. The molecule has 0 bridgehead atoms. The number of hydrogen-bond donors (Lipinski definition) is 2. The van der Waals surface area contributed by atoms with Crippen molar-refractivity contribution >= 4 is 38.1 Å². The van der Waals surface area contributed by atoms with E-state index in [1.165, 1.54) is 0 Å². The molecule has 0 aliphatic rings. The summed E-state index contributed by atoms with van der Waals surface area (Å²) in [5.74, 6) is 0.261. The fourth-order valence-electron chi connectivity index (χ4n) is 1.79. The van der Waals surface area contributed by atoms with E-state index in [0.717, 1.165) is 26.5 Å². The quantitative estimate of drug-likeness (QED) is 0.699. The number of thiazole rings is 1. The van der Waals surface area contributed by atoms with Crippen LogP contribution in [0.5, 0.6) is 5.75 Å². The first-order chi connectivity index (χ1) is 9.70. The van der Waals surface area contributed by atoms with Gasteiger partial charge in [-0.05, 0) is 42.5 Å². The number of nitrogens with zero attached hydrogens (tertiary/aromatic N) is 1. The molecular formula is C15H11BrN2OS. The summed E-state index contributed by atoms with van der Waals surface area (Å²) in [6.07, 6.45) is 0.